The second-order valence-corrected chi connectivity index (χ2v) is 1.99. The Labute approximate surface area is 76.3 Å². The van der Waals surface area contributed by atoms with E-state index in [4.69, 9.17) is 22.1 Å². The summed E-state index contributed by atoms with van der Waals surface area (Å²) in [5, 5.41) is 15.2. The Hall–Kier alpha value is -0.770. The first-order chi connectivity index (χ1) is 5.85. The first-order valence-electron chi connectivity index (χ1n) is 3.40. The number of para-hydroxylation sites is 1. The van der Waals surface area contributed by atoms with E-state index < -0.39 is 0 Å². The minimum Gasteiger partial charge on any atom is -0.394 e. The van der Waals surface area contributed by atoms with E-state index >= 15 is 0 Å². The van der Waals surface area contributed by atoms with Crippen molar-refractivity contribution in [2.75, 3.05) is 13.2 Å². The van der Waals surface area contributed by atoms with Gasteiger partial charge in [0.15, 0.2) is 0 Å². The van der Waals surface area contributed by atoms with Crippen molar-refractivity contribution in [3.05, 3.63) is 30.3 Å². The summed E-state index contributed by atoms with van der Waals surface area (Å²) in [5.41, 5.74) is 0. The fraction of sp³-hybridized carbons (Fsp3) is 0.250. The lowest BCUT2D eigenvalue weighted by Crippen LogP contribution is -1.85. The van der Waals surface area contributed by atoms with Crippen LogP contribution in [0.25, 0.3) is 0 Å². The van der Waals surface area contributed by atoms with E-state index in [0.717, 1.165) is 0 Å². The maximum absolute atomic E-state index is 7.62. The molecule has 0 aromatic heterocycles. The third-order valence-electron chi connectivity index (χ3n) is 0.932. The highest BCUT2D eigenvalue weighted by Gasteiger charge is 1.82. The van der Waals surface area contributed by atoms with E-state index in [1.165, 1.54) is 0 Å². The zero-order chi connectivity index (χ0) is 9.23. The Kier molecular flexibility index (Phi) is 7.79. The third kappa shape index (κ3) is 5.97. The van der Waals surface area contributed by atoms with Crippen LogP contribution >= 0.6 is 11.9 Å². The number of benzene rings is 1. The molecule has 0 radical (unpaired) electrons. The lowest BCUT2D eigenvalue weighted by molar-refractivity contribution is 0.186. The van der Waals surface area contributed by atoms with E-state index in [0.29, 0.717) is 5.75 Å². The normalized spacial score (nSPS) is 8.25. The lowest BCUT2D eigenvalue weighted by atomic mass is 10.3. The maximum atomic E-state index is 7.62. The number of hydrogen-bond acceptors (Lipinski definition) is 3. The van der Waals surface area contributed by atoms with Gasteiger partial charge in [-0.2, -0.15) is 0 Å². The van der Waals surface area contributed by atoms with Crippen LogP contribution in [0.3, 0.4) is 0 Å². The summed E-state index contributed by atoms with van der Waals surface area (Å²) in [7, 11) is 0. The molecule has 0 saturated carbocycles. The molecule has 0 fully saturated rings. The largest absolute Gasteiger partial charge is 0.394 e. The highest BCUT2D eigenvalue weighted by molar-refractivity contribution is 6.09. The van der Waals surface area contributed by atoms with Crippen LogP contribution < -0.4 is 4.29 Å². The zero-order valence-electron chi connectivity index (χ0n) is 6.48. The van der Waals surface area contributed by atoms with Crippen molar-refractivity contribution >= 4 is 11.9 Å². The molecule has 3 nitrogen and oxygen atoms in total. The molecule has 2 N–H and O–H groups in total. The first kappa shape index (κ1) is 11.2. The van der Waals surface area contributed by atoms with Crippen molar-refractivity contribution in [1.29, 1.82) is 0 Å². The van der Waals surface area contributed by atoms with Crippen LogP contribution in [0.1, 0.15) is 0 Å². The Balaban J connectivity index is 0.000000261. The van der Waals surface area contributed by atoms with Crippen LogP contribution in [0.5, 0.6) is 5.75 Å². The molecule has 0 aliphatic heterocycles. The van der Waals surface area contributed by atoms with Gasteiger partial charge in [-0.15, -0.1) is 0 Å². The van der Waals surface area contributed by atoms with E-state index in [1.54, 1.807) is 12.1 Å². The van der Waals surface area contributed by atoms with Crippen LogP contribution in [0.15, 0.2) is 30.3 Å². The molecule has 0 saturated heterocycles. The highest BCUT2D eigenvalue weighted by Crippen LogP contribution is 2.08. The van der Waals surface area contributed by atoms with E-state index in [1.807, 2.05) is 18.2 Å². The molecule has 0 spiro atoms. The van der Waals surface area contributed by atoms with Crippen molar-refractivity contribution in [2.24, 2.45) is 0 Å². The summed E-state index contributed by atoms with van der Waals surface area (Å²) in [6.07, 6.45) is 0. The molecule has 4 heteroatoms. The van der Waals surface area contributed by atoms with Crippen molar-refractivity contribution in [3.63, 3.8) is 0 Å². The molecule has 0 aliphatic carbocycles. The quantitative estimate of drug-likeness (QED) is 0.737. The highest BCUT2D eigenvalue weighted by atomic mass is 35.5. The van der Waals surface area contributed by atoms with Gasteiger partial charge in [0, 0.05) is 0 Å². The monoisotopic (exact) mass is 190 g/mol. The first-order valence-corrected chi connectivity index (χ1v) is 3.71. The molecule has 0 bridgehead atoms. The Bertz CT molecular complexity index is 177. The van der Waals surface area contributed by atoms with Crippen molar-refractivity contribution in [3.8, 4) is 5.75 Å². The van der Waals surface area contributed by atoms with Crippen LogP contribution in [0.4, 0.5) is 0 Å². The molecule has 68 valence electrons. The number of halogens is 1. The molecule has 0 aliphatic rings. The third-order valence-corrected chi connectivity index (χ3v) is 1.11. The Morgan fingerprint density at radius 2 is 1.58 bits per heavy atom. The van der Waals surface area contributed by atoms with Gasteiger partial charge in [-0.3, -0.25) is 0 Å². The Morgan fingerprint density at radius 3 is 1.83 bits per heavy atom. The maximum Gasteiger partial charge on any atom is 0.146 e. The number of aliphatic hydroxyl groups is 2. The predicted octanol–water partition coefficient (Wildman–Crippen LogP) is 1.19. The molecular formula is C8H11ClO3. The van der Waals surface area contributed by atoms with Gasteiger partial charge in [0.05, 0.1) is 13.2 Å². The fourth-order valence-corrected chi connectivity index (χ4v) is 0.575. The standard InChI is InChI=1S/C6H5ClO.C2H6O2/c7-8-6-4-2-1-3-5-6;3-1-2-4/h1-5H;3-4H,1-2H2. The van der Waals surface area contributed by atoms with Crippen molar-refractivity contribution < 1.29 is 14.5 Å². The molecule has 1 rings (SSSR count). The molecule has 12 heavy (non-hydrogen) atoms. The van der Waals surface area contributed by atoms with Gasteiger partial charge in [-0.1, -0.05) is 18.2 Å². The molecule has 0 unspecified atom stereocenters. The summed E-state index contributed by atoms with van der Waals surface area (Å²) in [6.45, 7) is -0.250. The van der Waals surface area contributed by atoms with Gasteiger partial charge >= 0.3 is 0 Å². The molecule has 0 amide bonds. The zero-order valence-corrected chi connectivity index (χ0v) is 7.24. The Morgan fingerprint density at radius 1 is 1.08 bits per heavy atom. The topological polar surface area (TPSA) is 49.7 Å². The number of hydrogen-bond donors (Lipinski definition) is 2. The lowest BCUT2D eigenvalue weighted by Gasteiger charge is -1.89. The molecular weight excluding hydrogens is 180 g/mol. The van der Waals surface area contributed by atoms with Gasteiger partial charge < -0.3 is 14.5 Å². The van der Waals surface area contributed by atoms with Crippen molar-refractivity contribution in [2.45, 2.75) is 0 Å². The minimum absolute atomic E-state index is 0.125. The van der Waals surface area contributed by atoms with Gasteiger partial charge in [-0.05, 0) is 12.1 Å². The second-order valence-electron chi connectivity index (χ2n) is 1.84. The number of aliphatic hydroxyl groups excluding tert-OH is 2. The van der Waals surface area contributed by atoms with Crippen LogP contribution in [-0.2, 0) is 0 Å². The van der Waals surface area contributed by atoms with Crippen LogP contribution in [-0.4, -0.2) is 23.4 Å². The fourth-order valence-electron chi connectivity index (χ4n) is 0.472. The molecule has 0 heterocycles. The van der Waals surface area contributed by atoms with Gasteiger partial charge in [0.25, 0.3) is 0 Å². The van der Waals surface area contributed by atoms with Gasteiger partial charge in [0.1, 0.15) is 17.6 Å². The van der Waals surface area contributed by atoms with Crippen LogP contribution in [0.2, 0.25) is 0 Å². The number of rotatable bonds is 2. The SMILES string of the molecule is ClOc1ccccc1.OCCO. The van der Waals surface area contributed by atoms with Crippen molar-refractivity contribution in [1.82, 2.24) is 0 Å². The van der Waals surface area contributed by atoms with Gasteiger partial charge in [-0.25, -0.2) is 0 Å². The average molecular weight is 191 g/mol. The second kappa shape index (κ2) is 8.33. The summed E-state index contributed by atoms with van der Waals surface area (Å²) in [5.74, 6) is 0.675. The molecule has 1 aromatic carbocycles. The van der Waals surface area contributed by atoms with Crippen LogP contribution in [0, 0.1) is 0 Å². The summed E-state index contributed by atoms with van der Waals surface area (Å²) in [4.78, 5) is 0. The van der Waals surface area contributed by atoms with E-state index in [-0.39, 0.29) is 13.2 Å². The van der Waals surface area contributed by atoms with E-state index in [9.17, 15) is 0 Å². The molecule has 0 atom stereocenters. The molecule has 1 aromatic rings. The smallest absolute Gasteiger partial charge is 0.146 e. The summed E-state index contributed by atoms with van der Waals surface area (Å²) < 4.78 is 4.39. The summed E-state index contributed by atoms with van der Waals surface area (Å²) in [6, 6.07) is 9.19. The minimum atomic E-state index is -0.125. The predicted molar refractivity (Wildman–Crippen MR) is 47.1 cm³/mol. The van der Waals surface area contributed by atoms with E-state index in [2.05, 4.69) is 4.29 Å². The average Bonchev–Trinajstić information content (AvgIpc) is 2.19. The summed E-state index contributed by atoms with van der Waals surface area (Å²) >= 11 is 5.03. The van der Waals surface area contributed by atoms with Gasteiger partial charge in [0.2, 0.25) is 0 Å².